The Morgan fingerprint density at radius 3 is 2.42 bits per heavy atom. The van der Waals surface area contributed by atoms with E-state index in [4.69, 9.17) is 17.3 Å². The van der Waals surface area contributed by atoms with E-state index < -0.39 is 0 Å². The van der Waals surface area contributed by atoms with E-state index in [2.05, 4.69) is 28.8 Å². The highest BCUT2D eigenvalue weighted by Crippen LogP contribution is 2.14. The number of nitrogen functional groups attached to an aromatic ring is 1. The van der Waals surface area contributed by atoms with Gasteiger partial charge in [-0.2, -0.15) is 4.98 Å². The lowest BCUT2D eigenvalue weighted by Gasteiger charge is -2.15. The average Bonchev–Trinajstić information content (AvgIpc) is 2.75. The van der Waals surface area contributed by atoms with Crippen molar-refractivity contribution < 1.29 is 0 Å². The molecule has 0 aliphatic carbocycles. The highest BCUT2D eigenvalue weighted by atomic mass is 35.5. The van der Waals surface area contributed by atoms with E-state index in [-0.39, 0.29) is 0 Å². The van der Waals surface area contributed by atoms with E-state index in [1.807, 2.05) is 24.3 Å². The minimum Gasteiger partial charge on any atom is -0.368 e. The Labute approximate surface area is 118 Å². The topological polar surface area (TPSA) is 60.0 Å². The number of rotatable bonds is 5. The van der Waals surface area contributed by atoms with Crippen LogP contribution >= 0.6 is 11.6 Å². The van der Waals surface area contributed by atoms with Crippen molar-refractivity contribution in [3.63, 3.8) is 0 Å². The van der Waals surface area contributed by atoms with Crippen molar-refractivity contribution in [3.8, 4) is 0 Å². The Balaban J connectivity index is 2.19. The van der Waals surface area contributed by atoms with Gasteiger partial charge in [0.1, 0.15) is 0 Å². The molecule has 5 nitrogen and oxygen atoms in total. The number of hydrogen-bond acceptors (Lipinski definition) is 4. The van der Waals surface area contributed by atoms with Crippen molar-refractivity contribution in [2.75, 3.05) is 23.7 Å². The molecular weight excluding hydrogens is 262 g/mol. The van der Waals surface area contributed by atoms with Gasteiger partial charge < -0.3 is 10.6 Å². The van der Waals surface area contributed by atoms with Gasteiger partial charge in [-0.05, 0) is 31.5 Å². The Morgan fingerprint density at radius 2 is 1.84 bits per heavy atom. The third-order valence-corrected chi connectivity index (χ3v) is 3.23. The summed E-state index contributed by atoms with van der Waals surface area (Å²) in [5, 5.41) is 5.16. The number of anilines is 2. The van der Waals surface area contributed by atoms with Crippen molar-refractivity contribution in [2.45, 2.75) is 20.4 Å². The number of aromatic nitrogens is 3. The van der Waals surface area contributed by atoms with Crippen LogP contribution in [0.15, 0.2) is 24.3 Å². The lowest BCUT2D eigenvalue weighted by Crippen LogP contribution is -2.23. The first-order chi connectivity index (χ1) is 9.13. The summed E-state index contributed by atoms with van der Waals surface area (Å²) >= 11 is 5.86. The predicted octanol–water partition coefficient (Wildman–Crippen LogP) is 2.41. The van der Waals surface area contributed by atoms with E-state index in [1.165, 1.54) is 0 Å². The second-order valence-corrected chi connectivity index (χ2v) is 4.66. The van der Waals surface area contributed by atoms with Crippen molar-refractivity contribution in [1.82, 2.24) is 14.8 Å². The van der Waals surface area contributed by atoms with Crippen LogP contribution in [-0.2, 0) is 6.54 Å². The van der Waals surface area contributed by atoms with Crippen LogP contribution in [0.1, 0.15) is 19.4 Å². The lowest BCUT2D eigenvalue weighted by molar-refractivity contribution is 0.686. The van der Waals surface area contributed by atoms with Gasteiger partial charge in [-0.3, -0.25) is 0 Å². The first-order valence-electron chi connectivity index (χ1n) is 6.33. The predicted molar refractivity (Wildman–Crippen MR) is 78.5 cm³/mol. The van der Waals surface area contributed by atoms with E-state index >= 15 is 0 Å². The van der Waals surface area contributed by atoms with Gasteiger partial charge in [-0.1, -0.05) is 23.7 Å². The molecule has 102 valence electrons. The zero-order valence-corrected chi connectivity index (χ0v) is 11.9. The first-order valence-corrected chi connectivity index (χ1v) is 6.71. The molecule has 0 bridgehead atoms. The highest BCUT2D eigenvalue weighted by Gasteiger charge is 2.11. The van der Waals surface area contributed by atoms with Crippen molar-refractivity contribution in [2.24, 2.45) is 0 Å². The van der Waals surface area contributed by atoms with E-state index in [0.717, 1.165) is 23.7 Å². The Hall–Kier alpha value is -1.75. The number of benzene rings is 1. The fraction of sp³-hybridized carbons (Fsp3) is 0.385. The molecule has 1 aromatic heterocycles. The van der Waals surface area contributed by atoms with Crippen molar-refractivity contribution in [3.05, 3.63) is 34.9 Å². The summed E-state index contributed by atoms with van der Waals surface area (Å²) in [6, 6.07) is 7.63. The Bertz CT molecular complexity index is 530. The maximum absolute atomic E-state index is 5.90. The van der Waals surface area contributed by atoms with Crippen LogP contribution in [0, 0.1) is 0 Å². The number of nitrogens with zero attached hydrogens (tertiary/aromatic N) is 4. The van der Waals surface area contributed by atoms with Crippen LogP contribution in [0.4, 0.5) is 11.9 Å². The summed E-state index contributed by atoms with van der Waals surface area (Å²) in [4.78, 5) is 6.36. The SMILES string of the molecule is CCN(CC)c1nc(N)n(Cc2ccc(Cl)cc2)n1. The molecular formula is C13H18ClN5. The van der Waals surface area contributed by atoms with Crippen LogP contribution in [0.25, 0.3) is 0 Å². The van der Waals surface area contributed by atoms with Crippen LogP contribution in [0.5, 0.6) is 0 Å². The molecule has 0 spiro atoms. The number of halogens is 1. The molecule has 6 heteroatoms. The molecule has 2 aromatic rings. The monoisotopic (exact) mass is 279 g/mol. The first kappa shape index (κ1) is 13.7. The van der Waals surface area contributed by atoms with Crippen molar-refractivity contribution in [1.29, 1.82) is 0 Å². The van der Waals surface area contributed by atoms with Crippen molar-refractivity contribution >= 4 is 23.5 Å². The molecule has 1 heterocycles. The summed E-state index contributed by atoms with van der Waals surface area (Å²) in [6.45, 7) is 6.46. The van der Waals surface area contributed by atoms with Crippen LogP contribution < -0.4 is 10.6 Å². The minimum atomic E-state index is 0.428. The maximum atomic E-state index is 5.90. The summed E-state index contributed by atoms with van der Waals surface area (Å²) in [5.74, 6) is 1.10. The highest BCUT2D eigenvalue weighted by molar-refractivity contribution is 6.30. The molecule has 0 saturated heterocycles. The van der Waals surface area contributed by atoms with Crippen LogP contribution in [0.3, 0.4) is 0 Å². The molecule has 0 aliphatic rings. The van der Waals surface area contributed by atoms with Gasteiger partial charge in [0.2, 0.25) is 11.9 Å². The van der Waals surface area contributed by atoms with Gasteiger partial charge in [-0.15, -0.1) is 5.10 Å². The Kier molecular flexibility index (Phi) is 4.27. The van der Waals surface area contributed by atoms with E-state index in [0.29, 0.717) is 18.4 Å². The molecule has 0 saturated carbocycles. The summed E-state index contributed by atoms with van der Waals surface area (Å²) in [7, 11) is 0. The summed E-state index contributed by atoms with van der Waals surface area (Å²) in [6.07, 6.45) is 0. The minimum absolute atomic E-state index is 0.428. The van der Waals surface area contributed by atoms with E-state index in [9.17, 15) is 0 Å². The zero-order valence-electron chi connectivity index (χ0n) is 11.2. The lowest BCUT2D eigenvalue weighted by atomic mass is 10.2. The summed E-state index contributed by atoms with van der Waals surface area (Å²) < 4.78 is 1.71. The molecule has 0 unspecified atom stereocenters. The fourth-order valence-corrected chi connectivity index (χ4v) is 1.99. The van der Waals surface area contributed by atoms with Gasteiger partial charge in [0.05, 0.1) is 6.54 Å². The normalized spacial score (nSPS) is 10.7. The van der Waals surface area contributed by atoms with Gasteiger partial charge in [0.15, 0.2) is 0 Å². The molecule has 0 atom stereocenters. The number of nitrogens with two attached hydrogens (primary N) is 1. The number of hydrogen-bond donors (Lipinski definition) is 1. The molecule has 0 radical (unpaired) electrons. The third-order valence-electron chi connectivity index (χ3n) is 2.98. The second kappa shape index (κ2) is 5.93. The molecule has 1 aromatic carbocycles. The molecule has 0 aliphatic heterocycles. The summed E-state index contributed by atoms with van der Waals surface area (Å²) in [5.41, 5.74) is 6.99. The molecule has 2 N–H and O–H groups in total. The maximum Gasteiger partial charge on any atom is 0.246 e. The standard InChI is InChI=1S/C13H18ClN5/c1-3-18(4-2)13-16-12(15)19(17-13)9-10-5-7-11(14)8-6-10/h5-8H,3-4,9H2,1-2H3,(H2,15,16,17). The van der Waals surface area contributed by atoms with Gasteiger partial charge in [-0.25, -0.2) is 4.68 Å². The fourth-order valence-electron chi connectivity index (χ4n) is 1.86. The van der Waals surface area contributed by atoms with Gasteiger partial charge in [0, 0.05) is 18.1 Å². The van der Waals surface area contributed by atoms with Gasteiger partial charge >= 0.3 is 0 Å². The zero-order chi connectivity index (χ0) is 13.8. The average molecular weight is 280 g/mol. The Morgan fingerprint density at radius 1 is 1.21 bits per heavy atom. The van der Waals surface area contributed by atoms with Crippen LogP contribution in [-0.4, -0.2) is 27.9 Å². The molecule has 19 heavy (non-hydrogen) atoms. The van der Waals surface area contributed by atoms with E-state index in [1.54, 1.807) is 4.68 Å². The second-order valence-electron chi connectivity index (χ2n) is 4.23. The molecule has 2 rings (SSSR count). The largest absolute Gasteiger partial charge is 0.368 e. The van der Waals surface area contributed by atoms with Crippen LogP contribution in [0.2, 0.25) is 5.02 Å². The molecule has 0 fully saturated rings. The quantitative estimate of drug-likeness (QED) is 0.913. The third kappa shape index (κ3) is 3.17. The smallest absolute Gasteiger partial charge is 0.246 e. The van der Waals surface area contributed by atoms with Gasteiger partial charge in [0.25, 0.3) is 0 Å². The molecule has 0 amide bonds.